The van der Waals surface area contributed by atoms with Crippen molar-refractivity contribution in [3.63, 3.8) is 0 Å². The molecule has 9 heteroatoms. The summed E-state index contributed by atoms with van der Waals surface area (Å²) < 4.78 is 29.7. The molecule has 0 spiro atoms. The molecular weight excluding hydrogens is 475 g/mol. The van der Waals surface area contributed by atoms with Crippen LogP contribution in [-0.2, 0) is 6.54 Å². The summed E-state index contributed by atoms with van der Waals surface area (Å²) in [5.41, 5.74) is 0.809. The number of hydrogen-bond acceptors (Lipinski definition) is 4. The molecule has 1 aliphatic heterocycles. The average Bonchev–Trinajstić information content (AvgIpc) is 2.99. The van der Waals surface area contributed by atoms with E-state index in [-0.39, 0.29) is 36.3 Å². The highest BCUT2D eigenvalue weighted by Crippen LogP contribution is 2.27. The van der Waals surface area contributed by atoms with Gasteiger partial charge >= 0.3 is 6.61 Å². The van der Waals surface area contributed by atoms with E-state index < -0.39 is 12.2 Å². The molecule has 3 N–H and O–H groups in total. The predicted molar refractivity (Wildman–Crippen MR) is 113 cm³/mol. The van der Waals surface area contributed by atoms with Gasteiger partial charge in [-0.15, -0.1) is 24.0 Å². The molecule has 1 fully saturated rings. The second-order valence-electron chi connectivity index (χ2n) is 6.07. The Bertz CT molecular complexity index is 599. The molecule has 0 amide bonds. The third-order valence-corrected chi connectivity index (χ3v) is 5.09. The van der Waals surface area contributed by atoms with Crippen LogP contribution in [0.25, 0.3) is 0 Å². The number of aliphatic hydroxyl groups is 1. The summed E-state index contributed by atoms with van der Waals surface area (Å²) in [5, 5.41) is 16.6. The van der Waals surface area contributed by atoms with Crippen molar-refractivity contribution in [2.24, 2.45) is 4.99 Å². The first-order valence-corrected chi connectivity index (χ1v) is 9.44. The fourth-order valence-corrected chi connectivity index (χ4v) is 3.83. The van der Waals surface area contributed by atoms with Crippen LogP contribution in [-0.4, -0.2) is 47.9 Å². The van der Waals surface area contributed by atoms with Crippen molar-refractivity contribution >= 4 is 41.7 Å². The van der Waals surface area contributed by atoms with Gasteiger partial charge in [0.25, 0.3) is 0 Å². The summed E-state index contributed by atoms with van der Waals surface area (Å²) >= 11 is 1.73. The monoisotopic (exact) mass is 501 g/mol. The van der Waals surface area contributed by atoms with Gasteiger partial charge in [0.2, 0.25) is 0 Å². The first-order valence-electron chi connectivity index (χ1n) is 8.28. The van der Waals surface area contributed by atoms with Crippen molar-refractivity contribution < 1.29 is 18.6 Å². The summed E-state index contributed by atoms with van der Waals surface area (Å²) in [7, 11) is 0. The van der Waals surface area contributed by atoms with E-state index in [1.165, 1.54) is 6.07 Å². The van der Waals surface area contributed by atoms with Crippen molar-refractivity contribution in [1.29, 1.82) is 0 Å². The van der Waals surface area contributed by atoms with Gasteiger partial charge in [-0.1, -0.05) is 17.7 Å². The topological polar surface area (TPSA) is 65.9 Å². The summed E-state index contributed by atoms with van der Waals surface area (Å²) in [4.78, 5) is 4.44. The zero-order chi connectivity index (χ0) is 18.3. The van der Waals surface area contributed by atoms with Gasteiger partial charge in [0.1, 0.15) is 5.75 Å². The Morgan fingerprint density at radius 3 is 2.81 bits per heavy atom. The minimum atomic E-state index is -2.87. The maximum absolute atomic E-state index is 12.5. The largest absolute Gasteiger partial charge is 0.434 e. The van der Waals surface area contributed by atoms with Crippen LogP contribution in [0.4, 0.5) is 8.78 Å². The number of nitrogens with one attached hydrogen (secondary N) is 2. The zero-order valence-corrected chi connectivity index (χ0v) is 18.1. The van der Waals surface area contributed by atoms with Crippen LogP contribution >= 0.6 is 35.7 Å². The van der Waals surface area contributed by atoms with Gasteiger partial charge in [-0.25, -0.2) is 4.99 Å². The molecule has 5 nitrogen and oxygen atoms in total. The second kappa shape index (κ2) is 11.1. The minimum absolute atomic E-state index is 0. The molecule has 0 saturated carbocycles. The van der Waals surface area contributed by atoms with Crippen molar-refractivity contribution in [3.8, 4) is 5.75 Å². The first-order chi connectivity index (χ1) is 11.9. The lowest BCUT2D eigenvalue weighted by atomic mass is 10.0. The van der Waals surface area contributed by atoms with E-state index in [1.807, 2.05) is 13.8 Å². The average molecular weight is 501 g/mol. The molecule has 0 bridgehead atoms. The number of alkyl halides is 2. The van der Waals surface area contributed by atoms with E-state index in [0.29, 0.717) is 30.4 Å². The van der Waals surface area contributed by atoms with E-state index in [4.69, 9.17) is 0 Å². The molecule has 26 heavy (non-hydrogen) atoms. The molecular formula is C17H26F2IN3O2S. The molecule has 0 aromatic heterocycles. The Kier molecular flexibility index (Phi) is 9.94. The highest BCUT2D eigenvalue weighted by atomic mass is 127. The lowest BCUT2D eigenvalue weighted by Gasteiger charge is -2.23. The third kappa shape index (κ3) is 7.43. The van der Waals surface area contributed by atoms with E-state index >= 15 is 0 Å². The number of nitrogens with zero attached hydrogens (tertiary/aromatic N) is 1. The number of hydrogen-bond donors (Lipinski definition) is 3. The van der Waals surface area contributed by atoms with Crippen LogP contribution in [0, 0.1) is 6.92 Å². The second-order valence-corrected chi connectivity index (χ2v) is 7.17. The Balaban J connectivity index is 0.00000338. The van der Waals surface area contributed by atoms with Gasteiger partial charge < -0.3 is 20.5 Å². The summed E-state index contributed by atoms with van der Waals surface area (Å²) in [6.45, 7) is 2.22. The Labute approximate surface area is 174 Å². The van der Waals surface area contributed by atoms with Gasteiger partial charge in [-0.2, -0.15) is 20.5 Å². The quantitative estimate of drug-likeness (QED) is 0.305. The van der Waals surface area contributed by atoms with Gasteiger partial charge in [0.05, 0.1) is 12.1 Å². The van der Waals surface area contributed by atoms with Crippen molar-refractivity contribution in [2.45, 2.75) is 39.0 Å². The Morgan fingerprint density at radius 1 is 1.42 bits per heavy atom. The summed E-state index contributed by atoms with van der Waals surface area (Å²) in [6.07, 6.45) is 0.744. The SMILES string of the molecule is CCNC(=NCc1cc(C)ccc1OC(F)F)NCC1(O)CCSC1.I. The molecule has 1 heterocycles. The fraction of sp³-hybridized carbons (Fsp3) is 0.588. The van der Waals surface area contributed by atoms with Crippen molar-refractivity contribution in [2.75, 3.05) is 24.6 Å². The van der Waals surface area contributed by atoms with Gasteiger partial charge in [0, 0.05) is 24.4 Å². The molecule has 1 aromatic rings. The molecule has 1 atom stereocenters. The Hall–Kier alpha value is -0.810. The van der Waals surface area contributed by atoms with Crippen LogP contribution in [0.15, 0.2) is 23.2 Å². The number of ether oxygens (including phenoxy) is 1. The minimum Gasteiger partial charge on any atom is -0.434 e. The number of thioether (sulfide) groups is 1. The van der Waals surface area contributed by atoms with Crippen LogP contribution < -0.4 is 15.4 Å². The van der Waals surface area contributed by atoms with Crippen LogP contribution in [0.3, 0.4) is 0 Å². The molecule has 1 unspecified atom stereocenters. The van der Waals surface area contributed by atoms with Gasteiger partial charge in [-0.3, -0.25) is 0 Å². The molecule has 1 saturated heterocycles. The molecule has 2 rings (SSSR count). The molecule has 148 valence electrons. The van der Waals surface area contributed by atoms with Crippen LogP contribution in [0.1, 0.15) is 24.5 Å². The van der Waals surface area contributed by atoms with E-state index in [2.05, 4.69) is 20.4 Å². The first kappa shape index (κ1) is 23.2. The van der Waals surface area contributed by atoms with Gasteiger partial charge in [-0.05, 0) is 32.1 Å². The maximum Gasteiger partial charge on any atom is 0.387 e. The molecule has 0 aliphatic carbocycles. The molecule has 1 aromatic carbocycles. The number of rotatable bonds is 7. The lowest BCUT2D eigenvalue weighted by molar-refractivity contribution is -0.0504. The van der Waals surface area contributed by atoms with Crippen LogP contribution in [0.2, 0.25) is 0 Å². The summed E-state index contributed by atoms with van der Waals surface area (Å²) in [5.74, 6) is 2.32. The summed E-state index contributed by atoms with van der Waals surface area (Å²) in [6, 6.07) is 5.04. The predicted octanol–water partition coefficient (Wildman–Crippen LogP) is 3.14. The smallest absolute Gasteiger partial charge is 0.387 e. The molecule has 1 aliphatic rings. The standard InChI is InChI=1S/C17H25F2N3O2S.HI/c1-3-20-16(22-10-17(23)6-7-25-11-17)21-9-13-8-12(2)4-5-14(13)24-15(18)19;/h4-5,8,15,23H,3,6-7,9-11H2,1-2H3,(H2,20,21,22);1H. The zero-order valence-electron chi connectivity index (χ0n) is 14.9. The number of halogens is 3. The highest BCUT2D eigenvalue weighted by molar-refractivity contribution is 14.0. The van der Waals surface area contributed by atoms with E-state index in [0.717, 1.165) is 17.7 Å². The number of aliphatic imine (C=N–C) groups is 1. The number of aryl methyl sites for hydroxylation is 1. The highest BCUT2D eigenvalue weighted by Gasteiger charge is 2.31. The molecule has 0 radical (unpaired) electrons. The van der Waals surface area contributed by atoms with Crippen LogP contribution in [0.5, 0.6) is 5.75 Å². The fourth-order valence-electron chi connectivity index (χ4n) is 2.53. The Morgan fingerprint density at radius 2 is 2.19 bits per heavy atom. The van der Waals surface area contributed by atoms with E-state index in [9.17, 15) is 13.9 Å². The third-order valence-electron chi connectivity index (χ3n) is 3.85. The van der Waals surface area contributed by atoms with Crippen molar-refractivity contribution in [1.82, 2.24) is 10.6 Å². The number of guanidine groups is 1. The maximum atomic E-state index is 12.5. The van der Waals surface area contributed by atoms with E-state index in [1.54, 1.807) is 23.9 Å². The van der Waals surface area contributed by atoms with Crippen molar-refractivity contribution in [3.05, 3.63) is 29.3 Å². The number of benzene rings is 1. The van der Waals surface area contributed by atoms with Gasteiger partial charge in [0.15, 0.2) is 5.96 Å². The lowest BCUT2D eigenvalue weighted by Crippen LogP contribution is -2.47. The normalized spacial score (nSPS) is 20.0.